The molecule has 0 amide bonds. The van der Waals surface area contributed by atoms with Crippen LogP contribution in [0.1, 0.15) is 12.0 Å². The molecule has 0 atom stereocenters. The van der Waals surface area contributed by atoms with Crippen molar-refractivity contribution in [2.24, 2.45) is 0 Å². The highest BCUT2D eigenvalue weighted by atomic mass is 16.5. The number of hydrogen-bond acceptors (Lipinski definition) is 3. The van der Waals surface area contributed by atoms with E-state index >= 15 is 0 Å². The molecule has 0 heterocycles. The largest absolute Gasteiger partial charge is 0.497 e. The minimum Gasteiger partial charge on any atom is -0.497 e. The molecule has 0 aliphatic rings. The van der Waals surface area contributed by atoms with Gasteiger partial charge in [0.2, 0.25) is 0 Å². The minimum atomic E-state index is 0.648. The standard InChI is InChI=1S/C17H21NO2/c1-19-17-10-8-15(9-11-17)14-20-13-5-12-18-16-6-3-2-4-7-16/h2-4,6-11,18H,5,12-14H2,1H3. The van der Waals surface area contributed by atoms with Crippen LogP contribution in [-0.4, -0.2) is 20.3 Å². The Kier molecular flexibility index (Phi) is 5.93. The Morgan fingerprint density at radius 3 is 2.40 bits per heavy atom. The van der Waals surface area contributed by atoms with Gasteiger partial charge >= 0.3 is 0 Å². The van der Waals surface area contributed by atoms with Crippen LogP contribution in [0, 0.1) is 0 Å². The van der Waals surface area contributed by atoms with E-state index in [9.17, 15) is 0 Å². The van der Waals surface area contributed by atoms with Gasteiger partial charge in [0.05, 0.1) is 13.7 Å². The van der Waals surface area contributed by atoms with Crippen LogP contribution in [0.3, 0.4) is 0 Å². The molecule has 0 bridgehead atoms. The van der Waals surface area contributed by atoms with Gasteiger partial charge in [-0.25, -0.2) is 0 Å². The van der Waals surface area contributed by atoms with E-state index in [-0.39, 0.29) is 0 Å². The molecular formula is C17H21NO2. The fourth-order valence-corrected chi connectivity index (χ4v) is 1.87. The summed E-state index contributed by atoms with van der Waals surface area (Å²) < 4.78 is 10.8. The van der Waals surface area contributed by atoms with Gasteiger partial charge < -0.3 is 14.8 Å². The van der Waals surface area contributed by atoms with Crippen molar-refractivity contribution in [1.82, 2.24) is 0 Å². The first kappa shape index (κ1) is 14.4. The summed E-state index contributed by atoms with van der Waals surface area (Å²) in [6.45, 7) is 2.33. The van der Waals surface area contributed by atoms with Crippen LogP contribution in [0.2, 0.25) is 0 Å². The first-order chi connectivity index (χ1) is 9.88. The lowest BCUT2D eigenvalue weighted by atomic mass is 10.2. The second-order valence-corrected chi connectivity index (χ2v) is 4.55. The highest BCUT2D eigenvalue weighted by molar-refractivity contribution is 5.42. The quantitative estimate of drug-likeness (QED) is 0.742. The van der Waals surface area contributed by atoms with Crippen LogP contribution in [0.25, 0.3) is 0 Å². The Morgan fingerprint density at radius 2 is 1.70 bits per heavy atom. The minimum absolute atomic E-state index is 0.648. The smallest absolute Gasteiger partial charge is 0.118 e. The Balaban J connectivity index is 1.57. The summed E-state index contributed by atoms with van der Waals surface area (Å²) in [6.07, 6.45) is 0.991. The van der Waals surface area contributed by atoms with E-state index in [1.807, 2.05) is 42.5 Å². The van der Waals surface area contributed by atoms with Crippen LogP contribution >= 0.6 is 0 Å². The number of hydrogen-bond donors (Lipinski definition) is 1. The average Bonchev–Trinajstić information content (AvgIpc) is 2.52. The number of rotatable bonds is 8. The molecule has 2 aromatic rings. The van der Waals surface area contributed by atoms with E-state index in [4.69, 9.17) is 9.47 Å². The number of anilines is 1. The molecule has 1 N–H and O–H groups in total. The van der Waals surface area contributed by atoms with Gasteiger partial charge in [-0.15, -0.1) is 0 Å². The maximum atomic E-state index is 5.65. The van der Waals surface area contributed by atoms with Crippen LogP contribution < -0.4 is 10.1 Å². The molecule has 0 spiro atoms. The topological polar surface area (TPSA) is 30.5 Å². The lowest BCUT2D eigenvalue weighted by Gasteiger charge is -2.07. The molecule has 0 aliphatic heterocycles. The third-order valence-electron chi connectivity index (χ3n) is 3.00. The van der Waals surface area contributed by atoms with Gasteiger partial charge in [0.1, 0.15) is 5.75 Å². The summed E-state index contributed by atoms with van der Waals surface area (Å²) in [5.41, 5.74) is 2.32. The van der Waals surface area contributed by atoms with E-state index < -0.39 is 0 Å². The molecule has 0 saturated carbocycles. The lowest BCUT2D eigenvalue weighted by molar-refractivity contribution is 0.120. The van der Waals surface area contributed by atoms with Crippen LogP contribution in [0.15, 0.2) is 54.6 Å². The first-order valence-corrected chi connectivity index (χ1v) is 6.88. The Morgan fingerprint density at radius 1 is 0.950 bits per heavy atom. The molecule has 0 unspecified atom stereocenters. The molecular weight excluding hydrogens is 250 g/mol. The highest BCUT2D eigenvalue weighted by Crippen LogP contribution is 2.12. The third kappa shape index (κ3) is 4.94. The molecule has 3 nitrogen and oxygen atoms in total. The third-order valence-corrected chi connectivity index (χ3v) is 3.00. The number of ether oxygens (including phenoxy) is 2. The fraction of sp³-hybridized carbons (Fsp3) is 0.294. The number of para-hydroxylation sites is 1. The Bertz CT molecular complexity index is 482. The molecule has 0 aromatic heterocycles. The van der Waals surface area contributed by atoms with Crippen molar-refractivity contribution in [2.75, 3.05) is 25.6 Å². The van der Waals surface area contributed by atoms with E-state index in [0.717, 1.165) is 31.0 Å². The molecule has 2 rings (SSSR count). The molecule has 0 aliphatic carbocycles. The normalized spacial score (nSPS) is 10.2. The summed E-state index contributed by atoms with van der Waals surface area (Å²) in [5.74, 6) is 0.876. The van der Waals surface area contributed by atoms with Crippen LogP contribution in [0.5, 0.6) is 5.75 Å². The van der Waals surface area contributed by atoms with Crippen molar-refractivity contribution >= 4 is 5.69 Å². The zero-order valence-electron chi connectivity index (χ0n) is 11.8. The van der Waals surface area contributed by atoms with Gasteiger partial charge in [-0.1, -0.05) is 30.3 Å². The molecule has 3 heteroatoms. The van der Waals surface area contributed by atoms with Gasteiger partial charge in [-0.05, 0) is 36.2 Å². The predicted octanol–water partition coefficient (Wildman–Crippen LogP) is 3.71. The van der Waals surface area contributed by atoms with Gasteiger partial charge in [0, 0.05) is 18.8 Å². The molecule has 0 fully saturated rings. The number of nitrogens with one attached hydrogen (secondary N) is 1. The van der Waals surface area contributed by atoms with Crippen molar-refractivity contribution in [3.05, 3.63) is 60.2 Å². The number of benzene rings is 2. The second-order valence-electron chi connectivity index (χ2n) is 4.55. The summed E-state index contributed by atoms with van der Waals surface area (Å²) in [4.78, 5) is 0. The van der Waals surface area contributed by atoms with Crippen molar-refractivity contribution in [3.8, 4) is 5.75 Å². The molecule has 106 valence electrons. The first-order valence-electron chi connectivity index (χ1n) is 6.88. The molecule has 0 saturated heterocycles. The second kappa shape index (κ2) is 8.23. The molecule has 0 radical (unpaired) electrons. The van der Waals surface area contributed by atoms with Crippen molar-refractivity contribution in [1.29, 1.82) is 0 Å². The zero-order chi connectivity index (χ0) is 14.0. The molecule has 2 aromatic carbocycles. The Hall–Kier alpha value is -2.00. The summed E-state index contributed by atoms with van der Waals surface area (Å²) in [6, 6.07) is 18.2. The summed E-state index contributed by atoms with van der Waals surface area (Å²) >= 11 is 0. The van der Waals surface area contributed by atoms with Crippen LogP contribution in [-0.2, 0) is 11.3 Å². The highest BCUT2D eigenvalue weighted by Gasteiger charge is 1.95. The van der Waals surface area contributed by atoms with E-state index in [1.54, 1.807) is 7.11 Å². The monoisotopic (exact) mass is 271 g/mol. The predicted molar refractivity (Wildman–Crippen MR) is 82.2 cm³/mol. The SMILES string of the molecule is COc1ccc(COCCCNc2ccccc2)cc1. The van der Waals surface area contributed by atoms with Gasteiger partial charge in [-0.2, -0.15) is 0 Å². The van der Waals surface area contributed by atoms with Gasteiger partial charge in [0.25, 0.3) is 0 Å². The van der Waals surface area contributed by atoms with Crippen LogP contribution in [0.4, 0.5) is 5.69 Å². The summed E-state index contributed by atoms with van der Waals surface area (Å²) in [5, 5.41) is 3.36. The fourth-order valence-electron chi connectivity index (χ4n) is 1.87. The van der Waals surface area contributed by atoms with Gasteiger partial charge in [-0.3, -0.25) is 0 Å². The zero-order valence-corrected chi connectivity index (χ0v) is 11.8. The van der Waals surface area contributed by atoms with Gasteiger partial charge in [0.15, 0.2) is 0 Å². The van der Waals surface area contributed by atoms with E-state index in [0.29, 0.717) is 6.61 Å². The number of methoxy groups -OCH3 is 1. The lowest BCUT2D eigenvalue weighted by Crippen LogP contribution is -2.05. The Labute approximate surface area is 120 Å². The molecule has 20 heavy (non-hydrogen) atoms. The summed E-state index contributed by atoms with van der Waals surface area (Å²) in [7, 11) is 1.67. The maximum Gasteiger partial charge on any atom is 0.118 e. The average molecular weight is 271 g/mol. The van der Waals surface area contributed by atoms with Crippen molar-refractivity contribution in [2.45, 2.75) is 13.0 Å². The van der Waals surface area contributed by atoms with Crippen molar-refractivity contribution < 1.29 is 9.47 Å². The van der Waals surface area contributed by atoms with Crippen molar-refractivity contribution in [3.63, 3.8) is 0 Å². The maximum absolute atomic E-state index is 5.65. The van der Waals surface area contributed by atoms with E-state index in [1.165, 1.54) is 5.56 Å². The van der Waals surface area contributed by atoms with E-state index in [2.05, 4.69) is 17.4 Å².